The molecule has 4 heterocycles. The Morgan fingerprint density at radius 3 is 2.93 bits per heavy atom. The van der Waals surface area contributed by atoms with Crippen LogP contribution >= 0.6 is 11.8 Å². The van der Waals surface area contributed by atoms with Crippen LogP contribution in [-0.4, -0.2) is 26.1 Å². The van der Waals surface area contributed by atoms with E-state index in [9.17, 15) is 14.4 Å². The van der Waals surface area contributed by atoms with Crippen LogP contribution < -0.4 is 10.5 Å². The van der Waals surface area contributed by atoms with Crippen molar-refractivity contribution in [1.82, 2.24) is 9.38 Å². The molecule has 0 spiro atoms. The highest BCUT2D eigenvalue weighted by Crippen LogP contribution is 2.56. The van der Waals surface area contributed by atoms with Gasteiger partial charge in [0.2, 0.25) is 5.91 Å². The van der Waals surface area contributed by atoms with Gasteiger partial charge >= 0.3 is 5.97 Å². The lowest BCUT2D eigenvalue weighted by Crippen LogP contribution is -2.47. The Kier molecular flexibility index (Phi) is 3.99. The molecule has 0 saturated carbocycles. The number of aromatic nitrogens is 2. The number of pyridine rings is 1. The van der Waals surface area contributed by atoms with E-state index in [1.807, 2.05) is 37.3 Å². The maximum atomic E-state index is 13.1. The molecule has 0 bridgehead atoms. The molecule has 1 saturated heterocycles. The minimum absolute atomic E-state index is 0.0863. The molecular weight excluding hydrogens is 390 g/mol. The number of thioether (sulfide) groups is 1. The normalized spacial score (nSPS) is 20.0. The minimum Gasteiger partial charge on any atom is -0.457 e. The Morgan fingerprint density at radius 1 is 1.24 bits per heavy atom. The van der Waals surface area contributed by atoms with Crippen molar-refractivity contribution in [1.29, 1.82) is 0 Å². The number of aryl methyl sites for hydroxylation is 1. The maximum absolute atomic E-state index is 13.1. The van der Waals surface area contributed by atoms with E-state index in [4.69, 9.17) is 4.74 Å². The lowest BCUT2D eigenvalue weighted by Gasteiger charge is -2.28. The van der Waals surface area contributed by atoms with Crippen LogP contribution in [0, 0.1) is 6.92 Å². The van der Waals surface area contributed by atoms with Crippen LogP contribution in [0.4, 0.5) is 5.69 Å². The van der Waals surface area contributed by atoms with Crippen molar-refractivity contribution in [3.05, 3.63) is 70.3 Å². The minimum atomic E-state index is -1.08. The van der Waals surface area contributed by atoms with Crippen molar-refractivity contribution >= 4 is 35.0 Å². The van der Waals surface area contributed by atoms with E-state index in [-0.39, 0.29) is 18.1 Å². The van der Waals surface area contributed by atoms with Gasteiger partial charge in [-0.15, -0.1) is 0 Å². The summed E-state index contributed by atoms with van der Waals surface area (Å²) in [5.74, 6) is -0.577. The highest BCUT2D eigenvalue weighted by Gasteiger charge is 2.58. The lowest BCUT2D eigenvalue weighted by molar-refractivity contribution is -0.148. The van der Waals surface area contributed by atoms with E-state index in [0.29, 0.717) is 24.2 Å². The molecule has 1 unspecified atom stereocenters. The van der Waals surface area contributed by atoms with Crippen molar-refractivity contribution in [2.75, 3.05) is 4.90 Å². The van der Waals surface area contributed by atoms with Crippen molar-refractivity contribution in [2.24, 2.45) is 0 Å². The number of nitrogens with zero attached hydrogens (tertiary/aromatic N) is 3. The molecule has 7 nitrogen and oxygen atoms in total. The van der Waals surface area contributed by atoms with Gasteiger partial charge in [-0.2, -0.15) is 0 Å². The summed E-state index contributed by atoms with van der Waals surface area (Å²) in [7, 11) is 0. The quantitative estimate of drug-likeness (QED) is 0.621. The van der Waals surface area contributed by atoms with Crippen LogP contribution in [-0.2, 0) is 20.9 Å². The number of hydrogen-bond donors (Lipinski definition) is 0. The number of fused-ring (bicyclic) bond motifs is 4. The Bertz CT molecular complexity index is 1240. The van der Waals surface area contributed by atoms with Crippen LogP contribution in [0.1, 0.15) is 24.1 Å². The van der Waals surface area contributed by atoms with Gasteiger partial charge in [-0.05, 0) is 30.7 Å². The number of benzene rings is 1. The van der Waals surface area contributed by atoms with Crippen LogP contribution in [0.15, 0.2) is 58.4 Å². The first-order chi connectivity index (χ1) is 14.0. The second kappa shape index (κ2) is 6.45. The molecule has 0 aliphatic carbocycles. The number of ether oxygens (including phenoxy) is 1. The third kappa shape index (κ3) is 2.74. The van der Waals surface area contributed by atoms with Gasteiger partial charge in [0, 0.05) is 30.0 Å². The largest absolute Gasteiger partial charge is 0.457 e. The van der Waals surface area contributed by atoms with E-state index in [1.54, 1.807) is 17.2 Å². The van der Waals surface area contributed by atoms with Crippen LogP contribution in [0.3, 0.4) is 0 Å². The summed E-state index contributed by atoms with van der Waals surface area (Å²) >= 11 is 1.35. The van der Waals surface area contributed by atoms with Gasteiger partial charge in [-0.3, -0.25) is 18.9 Å². The summed E-state index contributed by atoms with van der Waals surface area (Å²) in [6.45, 7) is 1.77. The zero-order chi connectivity index (χ0) is 20.2. The van der Waals surface area contributed by atoms with E-state index in [0.717, 1.165) is 16.1 Å². The monoisotopic (exact) mass is 407 g/mol. The summed E-state index contributed by atoms with van der Waals surface area (Å²) in [5, 5.41) is 0. The fraction of sp³-hybridized carbons (Fsp3) is 0.238. The molecule has 1 amide bonds. The summed E-state index contributed by atoms with van der Waals surface area (Å²) < 4.78 is 7.02. The molecule has 0 radical (unpaired) electrons. The summed E-state index contributed by atoms with van der Waals surface area (Å²) in [4.78, 5) is 43.7. The highest BCUT2D eigenvalue weighted by molar-refractivity contribution is 8.02. The molecule has 1 atom stereocenters. The van der Waals surface area contributed by atoms with E-state index in [2.05, 4.69) is 4.98 Å². The van der Waals surface area contributed by atoms with Gasteiger partial charge in [-0.1, -0.05) is 30.0 Å². The van der Waals surface area contributed by atoms with Gasteiger partial charge < -0.3 is 4.74 Å². The van der Waals surface area contributed by atoms with E-state index in [1.165, 1.54) is 22.2 Å². The fourth-order valence-electron chi connectivity index (χ4n) is 3.86. The number of carbonyl (C=O) groups excluding carboxylic acids is 2. The van der Waals surface area contributed by atoms with E-state index < -0.39 is 10.8 Å². The van der Waals surface area contributed by atoms with Crippen LogP contribution in [0.25, 0.3) is 5.65 Å². The number of para-hydroxylation sites is 1. The SMILES string of the molecule is Cc1ccc2nc(COC(=O)C34CCC(=O)N3c3ccccc3S4)cc(=O)n2c1. The molecule has 0 N–H and O–H groups in total. The fourth-order valence-corrected chi connectivity index (χ4v) is 5.27. The summed E-state index contributed by atoms with van der Waals surface area (Å²) in [6.07, 6.45) is 2.40. The van der Waals surface area contributed by atoms with Gasteiger partial charge in [0.15, 0.2) is 4.87 Å². The molecule has 2 aliphatic rings. The Hall–Kier alpha value is -3.13. The Balaban J connectivity index is 1.41. The van der Waals surface area contributed by atoms with Gasteiger partial charge in [0.05, 0.1) is 11.4 Å². The van der Waals surface area contributed by atoms with Crippen molar-refractivity contribution in [3.8, 4) is 0 Å². The number of esters is 1. The molecule has 29 heavy (non-hydrogen) atoms. The number of amides is 1. The standard InChI is InChI=1S/C21H17N3O4S/c1-13-6-7-17-22-14(10-19(26)23(17)11-13)12-28-20(27)21-9-8-18(25)24(21)15-4-2-3-5-16(15)29-21/h2-7,10-11H,8-9,12H2,1H3. The average molecular weight is 407 g/mol. The number of rotatable bonds is 3. The third-order valence-electron chi connectivity index (χ3n) is 5.20. The van der Waals surface area contributed by atoms with E-state index >= 15 is 0 Å². The predicted octanol–water partition coefficient (Wildman–Crippen LogP) is 2.68. The van der Waals surface area contributed by atoms with Crippen molar-refractivity contribution in [3.63, 3.8) is 0 Å². The smallest absolute Gasteiger partial charge is 0.343 e. The first-order valence-electron chi connectivity index (χ1n) is 9.25. The molecular formula is C21H17N3O4S. The molecule has 8 heteroatoms. The molecule has 1 fully saturated rings. The van der Waals surface area contributed by atoms with Gasteiger partial charge in [0.1, 0.15) is 12.3 Å². The zero-order valence-corrected chi connectivity index (χ0v) is 16.4. The second-order valence-electron chi connectivity index (χ2n) is 7.18. The highest BCUT2D eigenvalue weighted by atomic mass is 32.2. The predicted molar refractivity (Wildman–Crippen MR) is 108 cm³/mol. The van der Waals surface area contributed by atoms with Crippen LogP contribution in [0.5, 0.6) is 0 Å². The van der Waals surface area contributed by atoms with Crippen LogP contribution in [0.2, 0.25) is 0 Å². The molecule has 146 valence electrons. The number of hydrogen-bond acceptors (Lipinski definition) is 6. The molecule has 3 aromatic rings. The second-order valence-corrected chi connectivity index (χ2v) is 8.50. The summed E-state index contributed by atoms with van der Waals surface area (Å²) in [5.41, 5.74) is 2.33. The zero-order valence-electron chi connectivity index (χ0n) is 15.6. The number of anilines is 1. The molecule has 5 rings (SSSR count). The topological polar surface area (TPSA) is 81.0 Å². The molecule has 1 aromatic carbocycles. The van der Waals surface area contributed by atoms with Crippen molar-refractivity contribution < 1.29 is 14.3 Å². The molecule has 2 aromatic heterocycles. The average Bonchev–Trinajstić information content (AvgIpc) is 3.22. The first kappa shape index (κ1) is 17.9. The van der Waals surface area contributed by atoms with Gasteiger partial charge in [-0.25, -0.2) is 9.78 Å². The van der Waals surface area contributed by atoms with Gasteiger partial charge in [0.25, 0.3) is 5.56 Å². The number of carbonyl (C=O) groups is 2. The maximum Gasteiger partial charge on any atom is 0.343 e. The van der Waals surface area contributed by atoms with Crippen molar-refractivity contribution in [2.45, 2.75) is 36.1 Å². The third-order valence-corrected chi connectivity index (χ3v) is 6.66. The summed E-state index contributed by atoms with van der Waals surface area (Å²) in [6, 6.07) is 12.5. The first-order valence-corrected chi connectivity index (χ1v) is 10.1. The Labute approximate surface area is 170 Å². The lowest BCUT2D eigenvalue weighted by atomic mass is 10.2. The molecule has 2 aliphatic heterocycles. The Morgan fingerprint density at radius 2 is 2.07 bits per heavy atom.